The Kier molecular flexibility index (Phi) is 5.21. The summed E-state index contributed by atoms with van der Waals surface area (Å²) >= 11 is 0. The highest BCUT2D eigenvalue weighted by atomic mass is 16.2. The number of anilines is 2. The third-order valence-corrected chi connectivity index (χ3v) is 4.35. The molecule has 3 aromatic rings. The van der Waals surface area contributed by atoms with Crippen molar-refractivity contribution in [3.8, 4) is 5.82 Å². The van der Waals surface area contributed by atoms with Crippen LogP contribution in [-0.2, 0) is 4.79 Å². The molecule has 0 spiro atoms. The van der Waals surface area contributed by atoms with E-state index in [9.17, 15) is 4.79 Å². The summed E-state index contributed by atoms with van der Waals surface area (Å²) in [6.07, 6.45) is 3.30. The fourth-order valence-corrected chi connectivity index (χ4v) is 2.98. The standard InChI is InChI=1S/C20H24N6O/c1-13-7-6-8-14(2)20(13)23-19(27)12-25(5)17-10-21-11-18(22-17)26-16(4)9-15(3)24-26/h6-11H,12H2,1-5H3,(H,23,27). The molecular formula is C20H24N6O. The summed E-state index contributed by atoms with van der Waals surface area (Å²) in [5.74, 6) is 1.13. The van der Waals surface area contributed by atoms with Gasteiger partial charge in [-0.2, -0.15) is 5.10 Å². The molecule has 0 bridgehead atoms. The maximum Gasteiger partial charge on any atom is 0.243 e. The minimum atomic E-state index is -0.104. The number of hydrogen-bond acceptors (Lipinski definition) is 5. The van der Waals surface area contributed by atoms with Crippen LogP contribution in [0.2, 0.25) is 0 Å². The molecule has 0 aliphatic heterocycles. The van der Waals surface area contributed by atoms with E-state index in [0.29, 0.717) is 11.6 Å². The monoisotopic (exact) mass is 364 g/mol. The molecule has 2 heterocycles. The summed E-state index contributed by atoms with van der Waals surface area (Å²) in [5, 5.41) is 7.43. The van der Waals surface area contributed by atoms with E-state index in [1.54, 1.807) is 22.0 Å². The highest BCUT2D eigenvalue weighted by Crippen LogP contribution is 2.19. The molecule has 27 heavy (non-hydrogen) atoms. The number of carbonyl (C=O) groups excluding carboxylic acids is 1. The van der Waals surface area contributed by atoms with Gasteiger partial charge in [-0.25, -0.2) is 9.67 Å². The molecule has 1 amide bonds. The number of benzene rings is 1. The normalized spacial score (nSPS) is 10.7. The first-order valence-corrected chi connectivity index (χ1v) is 8.78. The van der Waals surface area contributed by atoms with Crippen LogP contribution in [0.5, 0.6) is 0 Å². The van der Waals surface area contributed by atoms with Crippen LogP contribution in [0.15, 0.2) is 36.7 Å². The molecular weight excluding hydrogens is 340 g/mol. The molecule has 0 radical (unpaired) electrons. The predicted octanol–water partition coefficient (Wildman–Crippen LogP) is 2.97. The molecule has 7 nitrogen and oxygen atoms in total. The Morgan fingerprint density at radius 1 is 1.15 bits per heavy atom. The van der Waals surface area contributed by atoms with Crippen molar-refractivity contribution in [2.75, 3.05) is 23.8 Å². The van der Waals surface area contributed by atoms with Crippen molar-refractivity contribution in [3.63, 3.8) is 0 Å². The molecule has 0 unspecified atom stereocenters. The first-order chi connectivity index (χ1) is 12.8. The Morgan fingerprint density at radius 2 is 1.85 bits per heavy atom. The van der Waals surface area contributed by atoms with Crippen LogP contribution >= 0.6 is 0 Å². The fourth-order valence-electron chi connectivity index (χ4n) is 2.98. The Morgan fingerprint density at radius 3 is 2.48 bits per heavy atom. The maximum atomic E-state index is 12.5. The molecule has 1 N–H and O–H groups in total. The van der Waals surface area contributed by atoms with Gasteiger partial charge in [-0.15, -0.1) is 0 Å². The summed E-state index contributed by atoms with van der Waals surface area (Å²) in [6.45, 7) is 8.04. The van der Waals surface area contributed by atoms with Gasteiger partial charge in [0.15, 0.2) is 5.82 Å². The van der Waals surface area contributed by atoms with Crippen LogP contribution in [0.1, 0.15) is 22.5 Å². The zero-order chi connectivity index (χ0) is 19.6. The van der Waals surface area contributed by atoms with Gasteiger partial charge in [-0.1, -0.05) is 18.2 Å². The summed E-state index contributed by atoms with van der Waals surface area (Å²) < 4.78 is 1.75. The molecule has 0 aliphatic rings. The molecule has 0 saturated carbocycles. The van der Waals surface area contributed by atoms with Gasteiger partial charge in [0.1, 0.15) is 5.82 Å². The molecule has 0 fully saturated rings. The number of carbonyl (C=O) groups is 1. The van der Waals surface area contributed by atoms with Crippen molar-refractivity contribution >= 4 is 17.4 Å². The molecule has 7 heteroatoms. The highest BCUT2D eigenvalue weighted by Gasteiger charge is 2.13. The number of amides is 1. The van der Waals surface area contributed by atoms with Crippen LogP contribution in [0, 0.1) is 27.7 Å². The van der Waals surface area contributed by atoms with E-state index in [2.05, 4.69) is 20.4 Å². The van der Waals surface area contributed by atoms with Gasteiger partial charge in [-0.3, -0.25) is 9.78 Å². The second kappa shape index (κ2) is 7.57. The zero-order valence-corrected chi connectivity index (χ0v) is 16.3. The Labute approximate surface area is 159 Å². The smallest absolute Gasteiger partial charge is 0.243 e. The van der Waals surface area contributed by atoms with E-state index in [1.807, 2.05) is 59.0 Å². The van der Waals surface area contributed by atoms with Crippen LogP contribution in [0.3, 0.4) is 0 Å². The predicted molar refractivity (Wildman–Crippen MR) is 106 cm³/mol. The molecule has 140 valence electrons. The summed E-state index contributed by atoms with van der Waals surface area (Å²) in [5.41, 5.74) is 4.84. The van der Waals surface area contributed by atoms with Crippen molar-refractivity contribution in [1.82, 2.24) is 19.7 Å². The highest BCUT2D eigenvalue weighted by molar-refractivity contribution is 5.95. The number of likely N-dealkylation sites (N-methyl/N-ethyl adjacent to an activating group) is 1. The van der Waals surface area contributed by atoms with Gasteiger partial charge in [0.05, 0.1) is 24.6 Å². The molecule has 3 rings (SSSR count). The van der Waals surface area contributed by atoms with E-state index >= 15 is 0 Å². The number of aryl methyl sites for hydroxylation is 4. The van der Waals surface area contributed by atoms with E-state index in [0.717, 1.165) is 28.2 Å². The summed E-state index contributed by atoms with van der Waals surface area (Å²) in [4.78, 5) is 23.1. The molecule has 0 aliphatic carbocycles. The Bertz CT molecular complexity index is 958. The molecule has 0 saturated heterocycles. The minimum Gasteiger partial charge on any atom is -0.349 e. The van der Waals surface area contributed by atoms with Crippen LogP contribution in [0.25, 0.3) is 5.82 Å². The third-order valence-electron chi connectivity index (χ3n) is 4.35. The van der Waals surface area contributed by atoms with E-state index in [-0.39, 0.29) is 12.5 Å². The van der Waals surface area contributed by atoms with Gasteiger partial charge in [0, 0.05) is 18.4 Å². The van der Waals surface area contributed by atoms with E-state index < -0.39 is 0 Å². The zero-order valence-electron chi connectivity index (χ0n) is 16.3. The average Bonchev–Trinajstić information content (AvgIpc) is 2.96. The second-order valence-electron chi connectivity index (χ2n) is 6.75. The van der Waals surface area contributed by atoms with Gasteiger partial charge in [0.2, 0.25) is 5.91 Å². The van der Waals surface area contributed by atoms with E-state index in [4.69, 9.17) is 0 Å². The third kappa shape index (κ3) is 4.13. The second-order valence-corrected chi connectivity index (χ2v) is 6.75. The lowest BCUT2D eigenvalue weighted by Crippen LogP contribution is -2.31. The van der Waals surface area contributed by atoms with Gasteiger partial charge < -0.3 is 10.2 Å². The van der Waals surface area contributed by atoms with Crippen molar-refractivity contribution in [2.24, 2.45) is 0 Å². The average molecular weight is 364 g/mol. The molecule has 1 aromatic carbocycles. The van der Waals surface area contributed by atoms with Gasteiger partial charge in [0.25, 0.3) is 0 Å². The number of aromatic nitrogens is 4. The van der Waals surface area contributed by atoms with Crippen molar-refractivity contribution in [2.45, 2.75) is 27.7 Å². The fraction of sp³-hybridized carbons (Fsp3) is 0.300. The lowest BCUT2D eigenvalue weighted by atomic mass is 10.1. The van der Waals surface area contributed by atoms with Gasteiger partial charge >= 0.3 is 0 Å². The van der Waals surface area contributed by atoms with Crippen LogP contribution in [-0.4, -0.2) is 39.2 Å². The number of rotatable bonds is 5. The minimum absolute atomic E-state index is 0.104. The Balaban J connectivity index is 1.74. The largest absolute Gasteiger partial charge is 0.349 e. The summed E-state index contributed by atoms with van der Waals surface area (Å²) in [6, 6.07) is 7.92. The first kappa shape index (κ1) is 18.6. The topological polar surface area (TPSA) is 75.9 Å². The van der Waals surface area contributed by atoms with Crippen molar-refractivity contribution in [3.05, 3.63) is 59.2 Å². The summed E-state index contributed by atoms with van der Waals surface area (Å²) in [7, 11) is 1.82. The van der Waals surface area contributed by atoms with Crippen molar-refractivity contribution < 1.29 is 4.79 Å². The maximum absolute atomic E-state index is 12.5. The number of para-hydroxylation sites is 1. The first-order valence-electron chi connectivity index (χ1n) is 8.78. The lowest BCUT2D eigenvalue weighted by Gasteiger charge is -2.19. The lowest BCUT2D eigenvalue weighted by molar-refractivity contribution is -0.114. The molecule has 0 atom stereocenters. The molecule has 2 aromatic heterocycles. The Hall–Kier alpha value is -3.22. The van der Waals surface area contributed by atoms with Gasteiger partial charge in [-0.05, 0) is 44.9 Å². The SMILES string of the molecule is Cc1cc(C)n(-c2cncc(N(C)CC(=O)Nc3c(C)cccc3C)n2)n1. The number of nitrogens with one attached hydrogen (secondary N) is 1. The number of hydrogen-bond donors (Lipinski definition) is 1. The van der Waals surface area contributed by atoms with E-state index in [1.165, 1.54) is 0 Å². The van der Waals surface area contributed by atoms with Crippen LogP contribution in [0.4, 0.5) is 11.5 Å². The quantitative estimate of drug-likeness (QED) is 0.753. The number of nitrogens with zero attached hydrogens (tertiary/aromatic N) is 5. The van der Waals surface area contributed by atoms with Crippen LogP contribution < -0.4 is 10.2 Å². The van der Waals surface area contributed by atoms with Crippen molar-refractivity contribution in [1.29, 1.82) is 0 Å².